The van der Waals surface area contributed by atoms with Crippen molar-refractivity contribution in [1.82, 2.24) is 9.88 Å². The number of methoxy groups -OCH3 is 1. The highest BCUT2D eigenvalue weighted by atomic mass is 32.2. The van der Waals surface area contributed by atoms with Gasteiger partial charge in [-0.2, -0.15) is 0 Å². The largest absolute Gasteiger partial charge is 0.497 e. The van der Waals surface area contributed by atoms with Gasteiger partial charge >= 0.3 is 5.97 Å². The van der Waals surface area contributed by atoms with Crippen molar-refractivity contribution < 1.29 is 24.2 Å². The number of amides is 1. The minimum Gasteiger partial charge on any atom is -0.497 e. The molecule has 3 heterocycles. The lowest BCUT2D eigenvalue weighted by molar-refractivity contribution is -0.164. The number of esters is 1. The van der Waals surface area contributed by atoms with Gasteiger partial charge in [-0.1, -0.05) is 19.1 Å². The van der Waals surface area contributed by atoms with Crippen LogP contribution >= 0.6 is 11.8 Å². The van der Waals surface area contributed by atoms with E-state index in [1.165, 1.54) is 0 Å². The summed E-state index contributed by atoms with van der Waals surface area (Å²) in [6.45, 7) is 3.78. The summed E-state index contributed by atoms with van der Waals surface area (Å²) >= 11 is 1.60. The molecule has 33 heavy (non-hydrogen) atoms. The maximum atomic E-state index is 13.3. The molecule has 2 aliphatic rings. The van der Waals surface area contributed by atoms with Gasteiger partial charge in [-0.25, -0.2) is 4.79 Å². The number of carbonyl (C=O) groups excluding carboxylic acids is 2. The van der Waals surface area contributed by atoms with E-state index < -0.39 is 18.0 Å². The van der Waals surface area contributed by atoms with Crippen LogP contribution in [0.15, 0.2) is 65.0 Å². The van der Waals surface area contributed by atoms with Crippen molar-refractivity contribution in [1.29, 1.82) is 0 Å². The predicted molar refractivity (Wildman–Crippen MR) is 124 cm³/mol. The number of β-lactam (4-membered cyclic amide) rings is 1. The van der Waals surface area contributed by atoms with E-state index in [1.54, 1.807) is 43.1 Å². The number of carbonyl (C=O) groups is 2. The number of nitrogens with zero attached hydrogens (tertiary/aromatic N) is 2. The molecule has 1 saturated heterocycles. The van der Waals surface area contributed by atoms with Gasteiger partial charge < -0.3 is 19.5 Å². The molecule has 0 saturated carbocycles. The molecule has 0 aliphatic carbocycles. The zero-order valence-electron chi connectivity index (χ0n) is 18.9. The van der Waals surface area contributed by atoms with Crippen LogP contribution in [0.5, 0.6) is 5.75 Å². The van der Waals surface area contributed by atoms with Crippen molar-refractivity contribution in [2.45, 2.75) is 43.9 Å². The van der Waals surface area contributed by atoms with Crippen molar-refractivity contribution >= 4 is 23.6 Å². The number of aromatic nitrogens is 1. The minimum atomic E-state index is -0.767. The summed E-state index contributed by atoms with van der Waals surface area (Å²) in [7, 11) is 1.60. The van der Waals surface area contributed by atoms with E-state index in [9.17, 15) is 14.7 Å². The summed E-state index contributed by atoms with van der Waals surface area (Å²) in [4.78, 5) is 32.8. The lowest BCUT2D eigenvalue weighted by atomic mass is 9.76. The third kappa shape index (κ3) is 4.50. The van der Waals surface area contributed by atoms with E-state index in [-0.39, 0.29) is 24.5 Å². The molecule has 1 N–H and O–H groups in total. The molecule has 0 radical (unpaired) electrons. The van der Waals surface area contributed by atoms with Gasteiger partial charge in [0.1, 0.15) is 18.1 Å². The van der Waals surface area contributed by atoms with E-state index in [2.05, 4.69) is 4.98 Å². The Morgan fingerprint density at radius 3 is 2.52 bits per heavy atom. The van der Waals surface area contributed by atoms with E-state index in [1.807, 2.05) is 43.3 Å². The zero-order valence-corrected chi connectivity index (χ0v) is 19.7. The van der Waals surface area contributed by atoms with Gasteiger partial charge in [-0.3, -0.25) is 9.78 Å². The van der Waals surface area contributed by atoms with Gasteiger partial charge in [0.05, 0.1) is 25.2 Å². The maximum Gasteiger partial charge on any atom is 0.355 e. The first-order valence-corrected chi connectivity index (χ1v) is 12.0. The van der Waals surface area contributed by atoms with Crippen LogP contribution in [0.2, 0.25) is 0 Å². The first-order valence-electron chi connectivity index (χ1n) is 11.0. The summed E-state index contributed by atoms with van der Waals surface area (Å²) < 4.78 is 10.8. The number of hydrogen-bond acceptors (Lipinski definition) is 7. The molecule has 8 heteroatoms. The monoisotopic (exact) mass is 468 g/mol. The van der Waals surface area contributed by atoms with E-state index in [4.69, 9.17) is 9.47 Å². The Kier molecular flexibility index (Phi) is 7.05. The molecule has 2 aromatic rings. The molecule has 1 fully saturated rings. The molecule has 2 aliphatic heterocycles. The van der Waals surface area contributed by atoms with Crippen LogP contribution in [0.1, 0.15) is 25.8 Å². The van der Waals surface area contributed by atoms with E-state index in [0.29, 0.717) is 11.4 Å². The molecule has 4 atom stereocenters. The average Bonchev–Trinajstić information content (AvgIpc) is 3.11. The molecule has 1 aromatic carbocycles. The molecule has 4 rings (SSSR count). The Hall–Kier alpha value is -2.84. The van der Waals surface area contributed by atoms with Gasteiger partial charge in [0.15, 0.2) is 0 Å². The second-order valence-electron chi connectivity index (χ2n) is 8.25. The number of benzene rings is 1. The molecule has 0 bridgehead atoms. The van der Waals surface area contributed by atoms with Gasteiger partial charge in [-0.15, -0.1) is 11.8 Å². The van der Waals surface area contributed by atoms with Gasteiger partial charge in [0.25, 0.3) is 0 Å². The lowest BCUT2D eigenvalue weighted by Gasteiger charge is -2.47. The molecular formula is C25H28N2O5S. The summed E-state index contributed by atoms with van der Waals surface area (Å²) in [5, 5.41) is 10.2. The van der Waals surface area contributed by atoms with Crippen molar-refractivity contribution in [3.05, 3.63) is 65.6 Å². The highest BCUT2D eigenvalue weighted by molar-refractivity contribution is 7.99. The topological polar surface area (TPSA) is 89.0 Å². The summed E-state index contributed by atoms with van der Waals surface area (Å²) in [5.74, 6) is 0.0663. The molecule has 2 unspecified atom stereocenters. The fraction of sp³-hybridized carbons (Fsp3) is 0.400. The standard InChI is InChI=1S/C25H28N2O5S/c1-4-19-20(14-33-18-9-11-26-12-10-18)23(27-22(19)21(15(2)28)24(27)29)25(30)32-13-16-5-7-17(31-3)8-6-16/h5-12,15,19,21-22,28H,4,13-14H2,1-3H3/t15?,19?,21-,22+/m0/s1. The van der Waals surface area contributed by atoms with Crippen molar-refractivity contribution in [3.8, 4) is 5.75 Å². The maximum absolute atomic E-state index is 13.3. The summed E-state index contributed by atoms with van der Waals surface area (Å²) in [5.41, 5.74) is 2.07. The number of pyridine rings is 1. The number of hydrogen-bond donors (Lipinski definition) is 1. The zero-order chi connectivity index (χ0) is 23.5. The average molecular weight is 469 g/mol. The van der Waals surface area contributed by atoms with E-state index >= 15 is 0 Å². The number of thioether (sulfide) groups is 1. The van der Waals surface area contributed by atoms with Crippen molar-refractivity contribution in [2.75, 3.05) is 12.9 Å². The SMILES string of the molecule is CCC1C(CSc2ccncc2)=C(C(=O)OCc2ccc(OC)cc2)N2C(=O)[C@@H](C(C)O)[C@@H]12. The Labute approximate surface area is 197 Å². The highest BCUT2D eigenvalue weighted by Crippen LogP contribution is 2.49. The second-order valence-corrected chi connectivity index (χ2v) is 9.30. The second kappa shape index (κ2) is 9.97. The Balaban J connectivity index is 1.58. The third-order valence-corrected chi connectivity index (χ3v) is 7.38. The molecule has 174 valence electrons. The van der Waals surface area contributed by atoms with Crippen molar-refractivity contribution in [3.63, 3.8) is 0 Å². The summed E-state index contributed by atoms with van der Waals surface area (Å²) in [6.07, 6.45) is 3.45. The van der Waals surface area contributed by atoms with Crippen LogP contribution in [0, 0.1) is 11.8 Å². The number of fused-ring (bicyclic) bond motifs is 1. The third-order valence-electron chi connectivity index (χ3n) is 6.32. The number of ether oxygens (including phenoxy) is 2. The fourth-order valence-electron chi connectivity index (χ4n) is 4.68. The number of aliphatic hydroxyl groups is 1. The molecule has 1 aromatic heterocycles. The van der Waals surface area contributed by atoms with Crippen LogP contribution in [0.3, 0.4) is 0 Å². The van der Waals surface area contributed by atoms with Gasteiger partial charge in [0.2, 0.25) is 5.91 Å². The van der Waals surface area contributed by atoms with Crippen LogP contribution in [-0.2, 0) is 20.9 Å². The number of aliphatic hydroxyl groups excluding tert-OH is 1. The minimum absolute atomic E-state index is 0.000161. The lowest BCUT2D eigenvalue weighted by Crippen LogP contribution is -2.63. The first kappa shape index (κ1) is 23.3. The number of rotatable bonds is 9. The molecule has 0 spiro atoms. The Bertz CT molecular complexity index is 1040. The molecular weight excluding hydrogens is 440 g/mol. The first-order chi connectivity index (χ1) is 16.0. The van der Waals surface area contributed by atoms with E-state index in [0.717, 1.165) is 28.2 Å². The van der Waals surface area contributed by atoms with Crippen LogP contribution in [-0.4, -0.2) is 51.9 Å². The molecule has 1 amide bonds. The molecule has 7 nitrogen and oxygen atoms in total. The van der Waals surface area contributed by atoms with Gasteiger partial charge in [-0.05, 0) is 48.7 Å². The smallest absolute Gasteiger partial charge is 0.355 e. The van der Waals surface area contributed by atoms with Crippen LogP contribution < -0.4 is 4.74 Å². The van der Waals surface area contributed by atoms with Crippen LogP contribution in [0.25, 0.3) is 0 Å². The Morgan fingerprint density at radius 1 is 1.21 bits per heavy atom. The Morgan fingerprint density at radius 2 is 1.91 bits per heavy atom. The van der Waals surface area contributed by atoms with Crippen molar-refractivity contribution in [2.24, 2.45) is 11.8 Å². The quantitative estimate of drug-likeness (QED) is 0.343. The summed E-state index contributed by atoms with van der Waals surface area (Å²) in [6, 6.07) is 10.9. The fourth-order valence-corrected chi connectivity index (χ4v) is 5.66. The van der Waals surface area contributed by atoms with Crippen LogP contribution in [0.4, 0.5) is 0 Å². The normalized spacial score (nSPS) is 22.6. The van der Waals surface area contributed by atoms with Gasteiger partial charge in [0, 0.05) is 29.0 Å². The highest BCUT2D eigenvalue weighted by Gasteiger charge is 2.60. The predicted octanol–water partition coefficient (Wildman–Crippen LogP) is 3.43.